The number of nitrogens with zero attached hydrogens (tertiary/aromatic N) is 2. The number of hydrogen-bond acceptors (Lipinski definition) is 4. The summed E-state index contributed by atoms with van der Waals surface area (Å²) >= 11 is 0. The maximum atomic E-state index is 3.57. The van der Waals surface area contributed by atoms with E-state index in [2.05, 4.69) is 48.1 Å². The Bertz CT molecular complexity index is 229. The summed E-state index contributed by atoms with van der Waals surface area (Å²) in [5.41, 5.74) is 0.255. The van der Waals surface area contributed by atoms with Crippen LogP contribution in [-0.2, 0) is 0 Å². The van der Waals surface area contributed by atoms with Crippen LogP contribution in [0.3, 0.4) is 0 Å². The van der Waals surface area contributed by atoms with Gasteiger partial charge in [0.1, 0.15) is 0 Å². The van der Waals surface area contributed by atoms with Crippen molar-refractivity contribution in [1.29, 1.82) is 0 Å². The van der Waals surface area contributed by atoms with E-state index in [1.54, 1.807) is 0 Å². The quantitative estimate of drug-likeness (QED) is 0.626. The van der Waals surface area contributed by atoms with Crippen LogP contribution >= 0.6 is 0 Å². The monoisotopic (exact) mass is 284 g/mol. The minimum absolute atomic E-state index is 0.255. The fourth-order valence-corrected chi connectivity index (χ4v) is 2.61. The lowest BCUT2D eigenvalue weighted by Crippen LogP contribution is -2.47. The maximum absolute atomic E-state index is 3.57. The van der Waals surface area contributed by atoms with Gasteiger partial charge in [0, 0.05) is 31.7 Å². The topological polar surface area (TPSA) is 30.5 Å². The summed E-state index contributed by atoms with van der Waals surface area (Å²) in [7, 11) is 0. The lowest BCUT2D eigenvalue weighted by atomic mass is 10.1. The molecule has 0 bridgehead atoms. The highest BCUT2D eigenvalue weighted by molar-refractivity contribution is 4.74. The van der Waals surface area contributed by atoms with Crippen molar-refractivity contribution < 1.29 is 0 Å². The molecule has 1 aliphatic rings. The Labute approximate surface area is 126 Å². The molecule has 0 saturated carbocycles. The van der Waals surface area contributed by atoms with Crippen molar-refractivity contribution >= 4 is 0 Å². The molecule has 0 aromatic heterocycles. The van der Waals surface area contributed by atoms with Gasteiger partial charge in [-0.05, 0) is 66.3 Å². The van der Waals surface area contributed by atoms with E-state index >= 15 is 0 Å². The highest BCUT2D eigenvalue weighted by Crippen LogP contribution is 2.04. The third-order valence-corrected chi connectivity index (χ3v) is 3.85. The summed E-state index contributed by atoms with van der Waals surface area (Å²) in [4.78, 5) is 5.23. The van der Waals surface area contributed by atoms with E-state index in [0.717, 1.165) is 19.6 Å². The van der Waals surface area contributed by atoms with Crippen LogP contribution in [0, 0.1) is 0 Å². The van der Waals surface area contributed by atoms with Crippen LogP contribution in [0.2, 0.25) is 0 Å². The second kappa shape index (κ2) is 9.72. The molecule has 0 spiro atoms. The minimum atomic E-state index is 0.255. The summed E-state index contributed by atoms with van der Waals surface area (Å²) in [6.07, 6.45) is 2.54. The van der Waals surface area contributed by atoms with Crippen molar-refractivity contribution in [3.05, 3.63) is 0 Å². The molecule has 1 rings (SSSR count). The fraction of sp³-hybridized carbons (Fsp3) is 1.00. The average Bonchev–Trinajstić information content (AvgIpc) is 2.40. The predicted molar refractivity (Wildman–Crippen MR) is 88.4 cm³/mol. The smallest absolute Gasteiger partial charge is 0.0110 e. The van der Waals surface area contributed by atoms with E-state index in [1.807, 2.05) is 0 Å². The normalized spacial score (nSPS) is 18.6. The number of nitrogens with one attached hydrogen (secondary N) is 2. The summed E-state index contributed by atoms with van der Waals surface area (Å²) < 4.78 is 0. The summed E-state index contributed by atoms with van der Waals surface area (Å²) in [6.45, 7) is 19.8. The number of piperazine rings is 1. The van der Waals surface area contributed by atoms with Crippen molar-refractivity contribution in [3.8, 4) is 0 Å². The molecule has 0 aromatic carbocycles. The van der Waals surface area contributed by atoms with Crippen molar-refractivity contribution in [1.82, 2.24) is 20.4 Å². The van der Waals surface area contributed by atoms with Gasteiger partial charge in [-0.25, -0.2) is 0 Å². The molecule has 4 heteroatoms. The first-order chi connectivity index (χ1) is 9.51. The first-order valence-electron chi connectivity index (χ1n) is 8.42. The van der Waals surface area contributed by atoms with E-state index in [4.69, 9.17) is 0 Å². The van der Waals surface area contributed by atoms with E-state index in [1.165, 1.54) is 52.1 Å². The highest BCUT2D eigenvalue weighted by atomic mass is 15.3. The molecule has 0 unspecified atom stereocenters. The Morgan fingerprint density at radius 2 is 1.35 bits per heavy atom. The van der Waals surface area contributed by atoms with Gasteiger partial charge in [-0.2, -0.15) is 0 Å². The van der Waals surface area contributed by atoms with E-state index in [9.17, 15) is 0 Å². The second-order valence-corrected chi connectivity index (χ2v) is 6.92. The van der Waals surface area contributed by atoms with Crippen molar-refractivity contribution in [2.24, 2.45) is 0 Å². The molecular formula is C16H36N4. The van der Waals surface area contributed by atoms with E-state index < -0.39 is 0 Å². The molecule has 1 heterocycles. The largest absolute Gasteiger partial charge is 0.317 e. The molecular weight excluding hydrogens is 248 g/mol. The van der Waals surface area contributed by atoms with Crippen LogP contribution in [0.1, 0.15) is 40.5 Å². The first-order valence-corrected chi connectivity index (χ1v) is 8.42. The Hall–Kier alpha value is -0.160. The molecule has 0 amide bonds. The van der Waals surface area contributed by atoms with Gasteiger partial charge in [0.2, 0.25) is 0 Å². The van der Waals surface area contributed by atoms with E-state index in [0.29, 0.717) is 0 Å². The van der Waals surface area contributed by atoms with Gasteiger partial charge >= 0.3 is 0 Å². The van der Waals surface area contributed by atoms with Gasteiger partial charge in [0.25, 0.3) is 0 Å². The summed E-state index contributed by atoms with van der Waals surface area (Å²) in [5.74, 6) is 0. The van der Waals surface area contributed by atoms with Gasteiger partial charge in [0.05, 0.1) is 0 Å². The molecule has 1 aliphatic heterocycles. The Morgan fingerprint density at radius 3 is 1.80 bits per heavy atom. The lowest BCUT2D eigenvalue weighted by Gasteiger charge is -2.35. The van der Waals surface area contributed by atoms with Gasteiger partial charge in [-0.3, -0.25) is 0 Å². The molecule has 2 N–H and O–H groups in total. The molecule has 120 valence electrons. The summed E-state index contributed by atoms with van der Waals surface area (Å²) in [5, 5.41) is 6.97. The molecule has 20 heavy (non-hydrogen) atoms. The fourth-order valence-electron chi connectivity index (χ4n) is 2.61. The maximum Gasteiger partial charge on any atom is 0.0110 e. The predicted octanol–water partition coefficient (Wildman–Crippen LogP) is 1.38. The molecule has 0 radical (unpaired) electrons. The van der Waals surface area contributed by atoms with Crippen LogP contribution in [0.15, 0.2) is 0 Å². The standard InChI is InChI=1S/C16H36N4/c1-5-17-8-6-10-19-12-14-20(15-13-19)11-7-9-18-16(2,3)4/h17-18H,5-15H2,1-4H3. The minimum Gasteiger partial charge on any atom is -0.317 e. The van der Waals surface area contributed by atoms with Crippen LogP contribution in [0.5, 0.6) is 0 Å². The van der Waals surface area contributed by atoms with Crippen LogP contribution in [0.25, 0.3) is 0 Å². The third-order valence-electron chi connectivity index (χ3n) is 3.85. The lowest BCUT2D eigenvalue weighted by molar-refractivity contribution is 0.130. The van der Waals surface area contributed by atoms with Crippen molar-refractivity contribution in [3.63, 3.8) is 0 Å². The number of hydrogen-bond donors (Lipinski definition) is 2. The summed E-state index contributed by atoms with van der Waals surface area (Å²) in [6, 6.07) is 0. The Balaban J connectivity index is 1.99. The zero-order valence-corrected chi connectivity index (χ0v) is 14.2. The Morgan fingerprint density at radius 1 is 0.850 bits per heavy atom. The average molecular weight is 284 g/mol. The van der Waals surface area contributed by atoms with Crippen LogP contribution in [0.4, 0.5) is 0 Å². The van der Waals surface area contributed by atoms with Crippen molar-refractivity contribution in [2.75, 3.05) is 58.9 Å². The second-order valence-electron chi connectivity index (χ2n) is 6.92. The van der Waals surface area contributed by atoms with Gasteiger partial charge in [-0.1, -0.05) is 6.92 Å². The van der Waals surface area contributed by atoms with Crippen LogP contribution < -0.4 is 10.6 Å². The van der Waals surface area contributed by atoms with E-state index in [-0.39, 0.29) is 5.54 Å². The molecule has 4 nitrogen and oxygen atoms in total. The highest BCUT2D eigenvalue weighted by Gasteiger charge is 2.16. The van der Waals surface area contributed by atoms with Gasteiger partial charge in [-0.15, -0.1) is 0 Å². The molecule has 1 saturated heterocycles. The SMILES string of the molecule is CCNCCCN1CCN(CCCNC(C)(C)C)CC1. The molecule has 0 atom stereocenters. The molecule has 0 aromatic rings. The van der Waals surface area contributed by atoms with Gasteiger partial charge < -0.3 is 20.4 Å². The van der Waals surface area contributed by atoms with Crippen LogP contribution in [-0.4, -0.2) is 74.2 Å². The van der Waals surface area contributed by atoms with Gasteiger partial charge in [0.15, 0.2) is 0 Å². The Kier molecular flexibility index (Phi) is 8.69. The first kappa shape index (κ1) is 17.9. The molecule has 0 aliphatic carbocycles. The van der Waals surface area contributed by atoms with Crippen molar-refractivity contribution in [2.45, 2.75) is 46.1 Å². The molecule has 1 fully saturated rings. The zero-order chi connectivity index (χ0) is 14.8. The number of rotatable bonds is 9. The zero-order valence-electron chi connectivity index (χ0n) is 14.2. The third kappa shape index (κ3) is 8.90.